The van der Waals surface area contributed by atoms with E-state index in [-0.39, 0.29) is 11.2 Å². The lowest BCUT2D eigenvalue weighted by molar-refractivity contribution is -0.115. The Hall–Kier alpha value is -3.19. The molecule has 2 aromatic heterocycles. The molecule has 1 atom stereocenters. The maximum atomic E-state index is 12.9. The predicted molar refractivity (Wildman–Crippen MR) is 121 cm³/mol. The van der Waals surface area contributed by atoms with E-state index in [1.165, 1.54) is 18.1 Å². The van der Waals surface area contributed by atoms with Gasteiger partial charge in [0.05, 0.1) is 22.5 Å². The van der Waals surface area contributed by atoms with E-state index in [1.807, 2.05) is 61.5 Å². The minimum atomic E-state index is -0.330. The number of thioether (sulfide) groups is 1. The average molecular weight is 418 g/mol. The fourth-order valence-electron chi connectivity index (χ4n) is 3.24. The van der Waals surface area contributed by atoms with Gasteiger partial charge >= 0.3 is 0 Å². The number of hydrogen-bond acceptors (Lipinski definition) is 5. The predicted octanol–water partition coefficient (Wildman–Crippen LogP) is 5.06. The maximum absolute atomic E-state index is 12.9. The third kappa shape index (κ3) is 4.07. The van der Waals surface area contributed by atoms with Crippen LogP contribution in [0.15, 0.2) is 72.1 Å². The van der Waals surface area contributed by atoms with Crippen molar-refractivity contribution in [3.63, 3.8) is 0 Å². The molecule has 2 heterocycles. The van der Waals surface area contributed by atoms with Gasteiger partial charge in [0, 0.05) is 5.69 Å². The van der Waals surface area contributed by atoms with Crippen LogP contribution in [0.3, 0.4) is 0 Å². The number of amides is 1. The van der Waals surface area contributed by atoms with E-state index < -0.39 is 0 Å². The lowest BCUT2D eigenvalue weighted by Gasteiger charge is -2.16. The fourth-order valence-corrected chi connectivity index (χ4v) is 4.12. The van der Waals surface area contributed by atoms with Gasteiger partial charge in [0.1, 0.15) is 11.4 Å². The van der Waals surface area contributed by atoms with Crippen LogP contribution in [0.1, 0.15) is 32.3 Å². The van der Waals surface area contributed by atoms with Gasteiger partial charge in [-0.05, 0) is 36.6 Å². The standard InChI is InChI=1S/C23H23N5OS/c1-15(2)18-11-7-8-12-20(18)27-22(29)16(3)30-23-19-13-26-28(21(19)24-14-25-23)17-9-5-4-6-10-17/h4-16H,1-3H3,(H,27,29). The molecule has 0 radical (unpaired) electrons. The number of nitrogens with one attached hydrogen (secondary N) is 1. The van der Waals surface area contributed by atoms with Gasteiger partial charge < -0.3 is 5.32 Å². The summed E-state index contributed by atoms with van der Waals surface area (Å²) in [7, 11) is 0. The van der Waals surface area contributed by atoms with Crippen LogP contribution in [0.4, 0.5) is 5.69 Å². The molecule has 4 rings (SSSR count). The minimum absolute atomic E-state index is 0.0599. The molecule has 0 aliphatic rings. The van der Waals surface area contributed by atoms with Crippen molar-refractivity contribution in [2.45, 2.75) is 37.0 Å². The molecule has 6 nitrogen and oxygen atoms in total. The molecular weight excluding hydrogens is 394 g/mol. The molecule has 0 saturated carbocycles. The van der Waals surface area contributed by atoms with Gasteiger partial charge in [-0.2, -0.15) is 5.10 Å². The number of rotatable bonds is 6. The molecule has 0 bridgehead atoms. The summed E-state index contributed by atoms with van der Waals surface area (Å²) < 4.78 is 1.78. The van der Waals surface area contributed by atoms with Gasteiger partial charge in [-0.15, -0.1) is 0 Å². The molecule has 0 spiro atoms. The lowest BCUT2D eigenvalue weighted by atomic mass is 10.0. The Kier molecular flexibility index (Phi) is 5.81. The number of carbonyl (C=O) groups is 1. The quantitative estimate of drug-likeness (QED) is 0.351. The van der Waals surface area contributed by atoms with E-state index in [0.29, 0.717) is 5.92 Å². The fraction of sp³-hybridized carbons (Fsp3) is 0.217. The Labute approximate surface area is 179 Å². The smallest absolute Gasteiger partial charge is 0.237 e. The van der Waals surface area contributed by atoms with Crippen molar-refractivity contribution in [2.24, 2.45) is 0 Å². The summed E-state index contributed by atoms with van der Waals surface area (Å²) in [5, 5.41) is 8.78. The molecule has 2 aromatic carbocycles. The molecular formula is C23H23N5OS. The third-order valence-electron chi connectivity index (χ3n) is 4.83. The van der Waals surface area contributed by atoms with Crippen molar-refractivity contribution < 1.29 is 4.79 Å². The largest absolute Gasteiger partial charge is 0.325 e. The van der Waals surface area contributed by atoms with Crippen LogP contribution in [-0.4, -0.2) is 30.9 Å². The molecule has 1 N–H and O–H groups in total. The molecule has 0 aliphatic carbocycles. The van der Waals surface area contributed by atoms with Gasteiger partial charge in [-0.1, -0.05) is 62.0 Å². The highest BCUT2D eigenvalue weighted by Gasteiger charge is 2.20. The number of carbonyl (C=O) groups excluding carboxylic acids is 1. The van der Waals surface area contributed by atoms with Gasteiger partial charge in [-0.3, -0.25) is 4.79 Å². The highest BCUT2D eigenvalue weighted by Crippen LogP contribution is 2.30. The average Bonchev–Trinajstić information content (AvgIpc) is 3.20. The van der Waals surface area contributed by atoms with Crippen LogP contribution < -0.4 is 5.32 Å². The summed E-state index contributed by atoms with van der Waals surface area (Å²) in [6.07, 6.45) is 3.27. The minimum Gasteiger partial charge on any atom is -0.325 e. The number of hydrogen-bond donors (Lipinski definition) is 1. The van der Waals surface area contributed by atoms with E-state index in [9.17, 15) is 4.79 Å². The summed E-state index contributed by atoms with van der Waals surface area (Å²) in [5.41, 5.74) is 3.63. The van der Waals surface area contributed by atoms with Crippen LogP contribution in [0.25, 0.3) is 16.7 Å². The molecule has 7 heteroatoms. The Balaban J connectivity index is 1.56. The van der Waals surface area contributed by atoms with Crippen LogP contribution in [-0.2, 0) is 4.79 Å². The van der Waals surface area contributed by atoms with Crippen LogP contribution in [0, 0.1) is 0 Å². The van der Waals surface area contributed by atoms with Gasteiger partial charge in [0.25, 0.3) is 0 Å². The number of aromatic nitrogens is 4. The second-order valence-corrected chi connectivity index (χ2v) is 8.63. The van der Waals surface area contributed by atoms with E-state index in [2.05, 4.69) is 34.2 Å². The number of fused-ring (bicyclic) bond motifs is 1. The highest BCUT2D eigenvalue weighted by molar-refractivity contribution is 8.00. The van der Waals surface area contributed by atoms with Gasteiger partial charge in [0.2, 0.25) is 5.91 Å². The van der Waals surface area contributed by atoms with Crippen molar-refractivity contribution in [2.75, 3.05) is 5.32 Å². The molecule has 4 aromatic rings. The van der Waals surface area contributed by atoms with Gasteiger partial charge in [0.15, 0.2) is 5.65 Å². The summed E-state index contributed by atoms with van der Waals surface area (Å²) in [4.78, 5) is 21.7. The lowest BCUT2D eigenvalue weighted by Crippen LogP contribution is -2.23. The zero-order valence-corrected chi connectivity index (χ0v) is 17.9. The second kappa shape index (κ2) is 8.67. The number of benzene rings is 2. The molecule has 1 unspecified atom stereocenters. The topological polar surface area (TPSA) is 72.7 Å². The zero-order valence-electron chi connectivity index (χ0n) is 17.1. The van der Waals surface area contributed by atoms with Crippen molar-refractivity contribution in [3.05, 3.63) is 72.7 Å². The van der Waals surface area contributed by atoms with Crippen molar-refractivity contribution in [3.8, 4) is 5.69 Å². The summed E-state index contributed by atoms with van der Waals surface area (Å²) in [5.74, 6) is 0.269. The number of anilines is 1. The van der Waals surface area contributed by atoms with Crippen LogP contribution in [0.2, 0.25) is 0 Å². The zero-order chi connectivity index (χ0) is 21.1. The Morgan fingerprint density at radius 3 is 2.50 bits per heavy atom. The Morgan fingerprint density at radius 2 is 1.73 bits per heavy atom. The van der Waals surface area contributed by atoms with E-state index in [0.717, 1.165) is 33.0 Å². The molecule has 0 aliphatic heterocycles. The first kappa shape index (κ1) is 20.1. The van der Waals surface area contributed by atoms with Crippen LogP contribution in [0.5, 0.6) is 0 Å². The second-order valence-electron chi connectivity index (χ2n) is 7.30. The third-order valence-corrected chi connectivity index (χ3v) is 5.94. The van der Waals surface area contributed by atoms with Crippen molar-refractivity contribution >= 4 is 34.4 Å². The van der Waals surface area contributed by atoms with Gasteiger partial charge in [-0.25, -0.2) is 14.6 Å². The number of nitrogens with zero attached hydrogens (tertiary/aromatic N) is 4. The molecule has 152 valence electrons. The summed E-state index contributed by atoms with van der Waals surface area (Å²) in [6.45, 7) is 6.11. The Bertz CT molecular complexity index is 1170. The summed E-state index contributed by atoms with van der Waals surface area (Å²) in [6, 6.07) is 17.7. The molecule has 1 amide bonds. The van der Waals surface area contributed by atoms with E-state index in [1.54, 1.807) is 10.9 Å². The van der Waals surface area contributed by atoms with E-state index in [4.69, 9.17) is 0 Å². The van der Waals surface area contributed by atoms with Crippen molar-refractivity contribution in [1.82, 2.24) is 19.7 Å². The van der Waals surface area contributed by atoms with Crippen LogP contribution >= 0.6 is 11.8 Å². The molecule has 0 fully saturated rings. The number of para-hydroxylation sites is 2. The highest BCUT2D eigenvalue weighted by atomic mass is 32.2. The first-order valence-corrected chi connectivity index (χ1v) is 10.7. The van der Waals surface area contributed by atoms with Crippen molar-refractivity contribution in [1.29, 1.82) is 0 Å². The normalized spacial score (nSPS) is 12.3. The summed E-state index contributed by atoms with van der Waals surface area (Å²) >= 11 is 1.41. The van der Waals surface area contributed by atoms with E-state index >= 15 is 0 Å². The SMILES string of the molecule is CC(Sc1ncnc2c1cnn2-c1ccccc1)C(=O)Nc1ccccc1C(C)C. The Morgan fingerprint density at radius 1 is 1.00 bits per heavy atom. The first-order valence-electron chi connectivity index (χ1n) is 9.85. The maximum Gasteiger partial charge on any atom is 0.237 e. The first-order chi connectivity index (χ1) is 14.5. The molecule has 30 heavy (non-hydrogen) atoms. The molecule has 0 saturated heterocycles. The monoisotopic (exact) mass is 417 g/mol.